The predicted molar refractivity (Wildman–Crippen MR) is 91.3 cm³/mol. The molecule has 0 fully saturated rings. The van der Waals surface area contributed by atoms with Crippen LogP contribution in [0.2, 0.25) is 5.02 Å². The fourth-order valence-corrected chi connectivity index (χ4v) is 2.10. The van der Waals surface area contributed by atoms with Crippen molar-refractivity contribution in [3.05, 3.63) is 34.9 Å². The highest BCUT2D eigenvalue weighted by Gasteiger charge is 2.19. The topological polar surface area (TPSA) is 102 Å². The largest absolute Gasteiger partial charge is 0.481 e. The minimum atomic E-state index is -1.04. The van der Waals surface area contributed by atoms with Gasteiger partial charge in [0.2, 0.25) is 6.29 Å². The smallest absolute Gasteiger partial charge is 0.410 e. The van der Waals surface area contributed by atoms with Gasteiger partial charge in [-0.05, 0) is 17.7 Å². The predicted octanol–water partition coefficient (Wildman–Crippen LogP) is 3.17. The van der Waals surface area contributed by atoms with Gasteiger partial charge in [-0.2, -0.15) is 0 Å². The number of carboxylic acids is 1. The lowest BCUT2D eigenvalue weighted by Crippen LogP contribution is -2.34. The number of rotatable bonds is 8. The molecule has 0 aliphatic heterocycles. The number of carbonyl (C=O) groups excluding carboxylic acids is 2. The fourth-order valence-electron chi connectivity index (χ4n) is 1.98. The van der Waals surface area contributed by atoms with Crippen LogP contribution >= 0.6 is 11.6 Å². The number of esters is 1. The highest BCUT2D eigenvalue weighted by molar-refractivity contribution is 6.30. The van der Waals surface area contributed by atoms with Crippen LogP contribution < -0.4 is 5.32 Å². The molecule has 2 N–H and O–H groups in total. The zero-order valence-electron chi connectivity index (χ0n) is 14.3. The van der Waals surface area contributed by atoms with Gasteiger partial charge in [0.05, 0.1) is 12.3 Å². The number of hydrogen-bond donors (Lipinski definition) is 2. The zero-order chi connectivity index (χ0) is 19.0. The normalized spacial score (nSPS) is 13.0. The molecule has 0 heterocycles. The number of alkyl carbamates (subject to hydrolysis) is 1. The summed E-state index contributed by atoms with van der Waals surface area (Å²) in [5.74, 6) is -2.26. The number of benzene rings is 1. The maximum atomic E-state index is 11.8. The van der Waals surface area contributed by atoms with Crippen molar-refractivity contribution in [1.29, 1.82) is 0 Å². The van der Waals surface area contributed by atoms with Gasteiger partial charge >= 0.3 is 18.0 Å². The van der Waals surface area contributed by atoms with Gasteiger partial charge < -0.3 is 19.9 Å². The van der Waals surface area contributed by atoms with E-state index < -0.39 is 30.2 Å². The minimum absolute atomic E-state index is 0.0532. The first-order valence-electron chi connectivity index (χ1n) is 7.81. The number of carboxylic acid groups (broad SMARTS) is 1. The molecule has 2 atom stereocenters. The van der Waals surface area contributed by atoms with E-state index in [4.69, 9.17) is 26.2 Å². The van der Waals surface area contributed by atoms with Crippen molar-refractivity contribution in [3.8, 4) is 0 Å². The Labute approximate surface area is 151 Å². The van der Waals surface area contributed by atoms with Gasteiger partial charge in [-0.25, -0.2) is 4.79 Å². The van der Waals surface area contributed by atoms with Crippen molar-refractivity contribution in [2.75, 3.05) is 6.54 Å². The molecule has 25 heavy (non-hydrogen) atoms. The molecular formula is C17H22ClNO6. The lowest BCUT2D eigenvalue weighted by Gasteiger charge is -2.19. The van der Waals surface area contributed by atoms with Gasteiger partial charge in [0, 0.05) is 24.4 Å². The first-order chi connectivity index (χ1) is 11.7. The van der Waals surface area contributed by atoms with Crippen LogP contribution in [0.4, 0.5) is 4.79 Å². The Kier molecular flexibility index (Phi) is 8.21. The van der Waals surface area contributed by atoms with E-state index in [0.717, 1.165) is 5.56 Å². The molecule has 0 bridgehead atoms. The van der Waals surface area contributed by atoms with E-state index >= 15 is 0 Å². The van der Waals surface area contributed by atoms with Crippen molar-refractivity contribution in [2.45, 2.75) is 39.4 Å². The Morgan fingerprint density at radius 1 is 1.12 bits per heavy atom. The summed E-state index contributed by atoms with van der Waals surface area (Å²) >= 11 is 5.82. The molecule has 1 amide bonds. The number of halogens is 1. The first-order valence-corrected chi connectivity index (χ1v) is 8.19. The summed E-state index contributed by atoms with van der Waals surface area (Å²) in [5, 5.41) is 12.1. The molecule has 7 nitrogen and oxygen atoms in total. The quantitative estimate of drug-likeness (QED) is 0.537. The molecule has 0 saturated heterocycles. The Bertz CT molecular complexity index is 602. The van der Waals surface area contributed by atoms with Crippen molar-refractivity contribution >= 4 is 29.6 Å². The zero-order valence-corrected chi connectivity index (χ0v) is 15.1. The first kappa shape index (κ1) is 20.8. The third kappa shape index (κ3) is 7.89. The molecule has 0 radical (unpaired) electrons. The SMILES string of the molecule is CC(OC(=O)NC[C@H](CC(=O)O)c1ccc(Cl)cc1)OC(=O)C(C)C. The summed E-state index contributed by atoms with van der Waals surface area (Å²) in [6.07, 6.45) is -2.00. The van der Waals surface area contributed by atoms with E-state index in [0.29, 0.717) is 5.02 Å². The number of ether oxygens (including phenoxy) is 2. The third-order valence-electron chi connectivity index (χ3n) is 3.28. The lowest BCUT2D eigenvalue weighted by molar-refractivity contribution is -0.168. The van der Waals surface area contributed by atoms with E-state index in [1.165, 1.54) is 6.92 Å². The molecule has 1 aromatic carbocycles. The van der Waals surface area contributed by atoms with Crippen LogP contribution in [-0.2, 0) is 19.1 Å². The summed E-state index contributed by atoms with van der Waals surface area (Å²) in [6, 6.07) is 6.71. The highest BCUT2D eigenvalue weighted by atomic mass is 35.5. The molecule has 1 unspecified atom stereocenters. The highest BCUT2D eigenvalue weighted by Crippen LogP contribution is 2.21. The van der Waals surface area contributed by atoms with Crippen molar-refractivity contribution in [1.82, 2.24) is 5.32 Å². The van der Waals surface area contributed by atoms with E-state index in [1.807, 2.05) is 0 Å². The monoisotopic (exact) mass is 371 g/mol. The average Bonchev–Trinajstić information content (AvgIpc) is 2.51. The van der Waals surface area contributed by atoms with Crippen LogP contribution in [0.1, 0.15) is 38.7 Å². The second-order valence-electron chi connectivity index (χ2n) is 5.79. The molecule has 0 aliphatic rings. The summed E-state index contributed by atoms with van der Waals surface area (Å²) in [4.78, 5) is 34.2. The third-order valence-corrected chi connectivity index (χ3v) is 3.53. The Morgan fingerprint density at radius 2 is 1.72 bits per heavy atom. The van der Waals surface area contributed by atoms with Crippen molar-refractivity contribution < 1.29 is 29.0 Å². The number of carbonyl (C=O) groups is 3. The maximum Gasteiger partial charge on any atom is 0.410 e. The number of amides is 1. The van der Waals surface area contributed by atoms with Gasteiger partial charge in [-0.15, -0.1) is 0 Å². The van der Waals surface area contributed by atoms with E-state index in [1.54, 1.807) is 38.1 Å². The molecule has 0 saturated carbocycles. The second kappa shape index (κ2) is 9.88. The van der Waals surface area contributed by atoms with Gasteiger partial charge in [0.25, 0.3) is 0 Å². The number of hydrogen-bond acceptors (Lipinski definition) is 5. The van der Waals surface area contributed by atoms with Crippen molar-refractivity contribution in [2.24, 2.45) is 5.92 Å². The molecule has 1 rings (SSSR count). The molecule has 0 spiro atoms. The number of aliphatic carboxylic acids is 1. The van der Waals surface area contributed by atoms with Crippen molar-refractivity contribution in [3.63, 3.8) is 0 Å². The standard InChI is InChI=1S/C17H22ClNO6/c1-10(2)16(22)24-11(3)25-17(23)19-9-13(8-15(20)21)12-4-6-14(18)7-5-12/h4-7,10-11,13H,8-9H2,1-3H3,(H,19,23)(H,20,21)/t11?,13-/m0/s1. The number of nitrogens with one attached hydrogen (secondary N) is 1. The molecule has 1 aromatic rings. The summed E-state index contributed by atoms with van der Waals surface area (Å²) in [7, 11) is 0. The van der Waals surface area contributed by atoms with E-state index in [2.05, 4.69) is 5.32 Å². The Balaban J connectivity index is 2.58. The molecule has 0 aliphatic carbocycles. The van der Waals surface area contributed by atoms with Crippen LogP contribution in [0, 0.1) is 5.92 Å². The molecule has 8 heteroatoms. The Hall–Kier alpha value is -2.28. The van der Waals surface area contributed by atoms with Crippen LogP contribution in [0.3, 0.4) is 0 Å². The Morgan fingerprint density at radius 3 is 2.24 bits per heavy atom. The van der Waals surface area contributed by atoms with Crippen LogP contribution in [0.5, 0.6) is 0 Å². The molecule has 138 valence electrons. The van der Waals surface area contributed by atoms with Crippen LogP contribution in [0.15, 0.2) is 24.3 Å². The molecule has 0 aromatic heterocycles. The second-order valence-corrected chi connectivity index (χ2v) is 6.23. The fraction of sp³-hybridized carbons (Fsp3) is 0.471. The minimum Gasteiger partial charge on any atom is -0.481 e. The van der Waals surface area contributed by atoms with Crippen LogP contribution in [-0.4, -0.2) is 36.0 Å². The van der Waals surface area contributed by atoms with Gasteiger partial charge in [-0.3, -0.25) is 9.59 Å². The van der Waals surface area contributed by atoms with Gasteiger partial charge in [0.1, 0.15) is 0 Å². The average molecular weight is 372 g/mol. The van der Waals surface area contributed by atoms with E-state index in [9.17, 15) is 14.4 Å². The summed E-state index contributed by atoms with van der Waals surface area (Å²) in [5.41, 5.74) is 0.728. The maximum absolute atomic E-state index is 11.8. The summed E-state index contributed by atoms with van der Waals surface area (Å²) < 4.78 is 9.84. The van der Waals surface area contributed by atoms with E-state index in [-0.39, 0.29) is 18.9 Å². The van der Waals surface area contributed by atoms with Gasteiger partial charge in [0.15, 0.2) is 0 Å². The van der Waals surface area contributed by atoms with Crippen LogP contribution in [0.25, 0.3) is 0 Å². The summed E-state index contributed by atoms with van der Waals surface area (Å²) in [6.45, 7) is 4.81. The lowest BCUT2D eigenvalue weighted by atomic mass is 9.96. The van der Waals surface area contributed by atoms with Gasteiger partial charge in [-0.1, -0.05) is 37.6 Å². The molecular weight excluding hydrogens is 350 g/mol.